The second-order valence-corrected chi connectivity index (χ2v) is 5.31. The minimum atomic E-state index is -0.378. The molecule has 0 bridgehead atoms. The summed E-state index contributed by atoms with van der Waals surface area (Å²) < 4.78 is 0. The average molecular weight is 249 g/mol. The second kappa shape index (κ2) is 6.32. The molecule has 100 valence electrons. The molecule has 3 nitrogen and oxygen atoms in total. The molecule has 1 aliphatic heterocycles. The van der Waals surface area contributed by atoms with E-state index in [0.717, 1.165) is 38.0 Å². The van der Waals surface area contributed by atoms with Gasteiger partial charge in [0, 0.05) is 13.1 Å². The molecular formula is C15H23NO2. The van der Waals surface area contributed by atoms with Gasteiger partial charge in [-0.1, -0.05) is 30.3 Å². The molecule has 1 aliphatic rings. The van der Waals surface area contributed by atoms with Crippen LogP contribution in [0.15, 0.2) is 30.3 Å². The average Bonchev–Trinajstić information content (AvgIpc) is 2.86. The standard InChI is InChI=1S/C15H23NO2/c1-12(17)14-7-9-16(11-14)10-8-15(18)13-5-3-2-4-6-13/h2-6,12,14-15,17-18H,7-11H2,1H3. The van der Waals surface area contributed by atoms with Gasteiger partial charge in [-0.2, -0.15) is 0 Å². The summed E-state index contributed by atoms with van der Waals surface area (Å²) in [5, 5.41) is 19.6. The predicted octanol–water partition coefficient (Wildman–Crippen LogP) is 1.81. The summed E-state index contributed by atoms with van der Waals surface area (Å²) in [6.45, 7) is 4.77. The van der Waals surface area contributed by atoms with Crippen LogP contribution in [0.25, 0.3) is 0 Å². The molecule has 3 atom stereocenters. The zero-order valence-corrected chi connectivity index (χ0v) is 11.0. The molecule has 0 saturated carbocycles. The zero-order chi connectivity index (χ0) is 13.0. The van der Waals surface area contributed by atoms with Crippen LogP contribution in [0.1, 0.15) is 31.4 Å². The number of aliphatic hydroxyl groups excluding tert-OH is 2. The highest BCUT2D eigenvalue weighted by atomic mass is 16.3. The lowest BCUT2D eigenvalue weighted by atomic mass is 10.0. The number of aliphatic hydroxyl groups is 2. The zero-order valence-electron chi connectivity index (χ0n) is 11.0. The van der Waals surface area contributed by atoms with Gasteiger partial charge in [0.25, 0.3) is 0 Å². The Balaban J connectivity index is 1.76. The van der Waals surface area contributed by atoms with E-state index < -0.39 is 0 Å². The molecule has 3 heteroatoms. The molecule has 1 saturated heterocycles. The van der Waals surface area contributed by atoms with Crippen molar-refractivity contribution in [2.24, 2.45) is 5.92 Å². The number of likely N-dealkylation sites (tertiary alicyclic amines) is 1. The maximum Gasteiger partial charge on any atom is 0.0802 e. The van der Waals surface area contributed by atoms with Gasteiger partial charge >= 0.3 is 0 Å². The van der Waals surface area contributed by atoms with Gasteiger partial charge in [0.1, 0.15) is 0 Å². The van der Waals surface area contributed by atoms with Crippen molar-refractivity contribution in [2.75, 3.05) is 19.6 Å². The Bertz CT molecular complexity index is 353. The first-order chi connectivity index (χ1) is 8.66. The van der Waals surface area contributed by atoms with Crippen molar-refractivity contribution in [2.45, 2.75) is 32.0 Å². The number of hydrogen-bond acceptors (Lipinski definition) is 3. The Labute approximate surface area is 109 Å². The van der Waals surface area contributed by atoms with E-state index in [1.165, 1.54) is 0 Å². The first-order valence-corrected chi connectivity index (χ1v) is 6.80. The van der Waals surface area contributed by atoms with Gasteiger partial charge in [-0.25, -0.2) is 0 Å². The Morgan fingerprint density at radius 1 is 1.28 bits per heavy atom. The van der Waals surface area contributed by atoms with E-state index >= 15 is 0 Å². The minimum absolute atomic E-state index is 0.214. The number of rotatable bonds is 5. The van der Waals surface area contributed by atoms with Gasteiger partial charge < -0.3 is 15.1 Å². The van der Waals surface area contributed by atoms with Crippen LogP contribution >= 0.6 is 0 Å². The summed E-state index contributed by atoms with van der Waals surface area (Å²) in [6.07, 6.45) is 1.24. The molecule has 18 heavy (non-hydrogen) atoms. The third kappa shape index (κ3) is 3.55. The lowest BCUT2D eigenvalue weighted by Crippen LogP contribution is -2.26. The smallest absolute Gasteiger partial charge is 0.0802 e. The fraction of sp³-hybridized carbons (Fsp3) is 0.600. The molecule has 0 spiro atoms. The second-order valence-electron chi connectivity index (χ2n) is 5.31. The van der Waals surface area contributed by atoms with E-state index in [9.17, 15) is 10.2 Å². The van der Waals surface area contributed by atoms with E-state index in [1.807, 2.05) is 37.3 Å². The molecule has 0 radical (unpaired) electrons. The number of nitrogens with zero attached hydrogens (tertiary/aromatic N) is 1. The summed E-state index contributed by atoms with van der Waals surface area (Å²) in [5.74, 6) is 0.402. The highest BCUT2D eigenvalue weighted by Gasteiger charge is 2.25. The summed E-state index contributed by atoms with van der Waals surface area (Å²) in [4.78, 5) is 2.34. The van der Waals surface area contributed by atoms with Crippen molar-refractivity contribution in [1.82, 2.24) is 4.90 Å². The van der Waals surface area contributed by atoms with Crippen LogP contribution in [0.5, 0.6) is 0 Å². The quantitative estimate of drug-likeness (QED) is 0.836. The fourth-order valence-corrected chi connectivity index (χ4v) is 2.61. The van der Waals surface area contributed by atoms with E-state index in [0.29, 0.717) is 5.92 Å². The van der Waals surface area contributed by atoms with Crippen molar-refractivity contribution in [3.05, 3.63) is 35.9 Å². The number of benzene rings is 1. The van der Waals surface area contributed by atoms with Crippen molar-refractivity contribution in [1.29, 1.82) is 0 Å². The monoisotopic (exact) mass is 249 g/mol. The molecule has 1 aromatic carbocycles. The molecule has 1 fully saturated rings. The van der Waals surface area contributed by atoms with Crippen LogP contribution in [-0.2, 0) is 0 Å². The maximum atomic E-state index is 10.1. The largest absolute Gasteiger partial charge is 0.393 e. The fourth-order valence-electron chi connectivity index (χ4n) is 2.61. The molecule has 0 aliphatic carbocycles. The molecule has 1 heterocycles. The Morgan fingerprint density at radius 3 is 2.61 bits per heavy atom. The first kappa shape index (κ1) is 13.5. The van der Waals surface area contributed by atoms with Crippen LogP contribution in [0.2, 0.25) is 0 Å². The van der Waals surface area contributed by atoms with Crippen molar-refractivity contribution in [3.63, 3.8) is 0 Å². The molecule has 0 aromatic heterocycles. The third-order valence-electron chi connectivity index (χ3n) is 3.89. The predicted molar refractivity (Wildman–Crippen MR) is 72.2 cm³/mol. The normalized spacial score (nSPS) is 24.1. The van der Waals surface area contributed by atoms with Crippen LogP contribution in [-0.4, -0.2) is 40.9 Å². The lowest BCUT2D eigenvalue weighted by Gasteiger charge is -2.19. The maximum absolute atomic E-state index is 10.1. The topological polar surface area (TPSA) is 43.7 Å². The Hall–Kier alpha value is -0.900. The molecular weight excluding hydrogens is 226 g/mol. The minimum Gasteiger partial charge on any atom is -0.393 e. The van der Waals surface area contributed by atoms with E-state index in [1.54, 1.807) is 0 Å². The van der Waals surface area contributed by atoms with Gasteiger partial charge in [-0.3, -0.25) is 0 Å². The van der Waals surface area contributed by atoms with E-state index in [-0.39, 0.29) is 12.2 Å². The van der Waals surface area contributed by atoms with Gasteiger partial charge in [0.05, 0.1) is 12.2 Å². The Morgan fingerprint density at radius 2 is 2.00 bits per heavy atom. The lowest BCUT2D eigenvalue weighted by molar-refractivity contribution is 0.121. The van der Waals surface area contributed by atoms with Crippen molar-refractivity contribution >= 4 is 0 Å². The van der Waals surface area contributed by atoms with Crippen molar-refractivity contribution < 1.29 is 10.2 Å². The van der Waals surface area contributed by atoms with Gasteiger partial charge in [0.15, 0.2) is 0 Å². The van der Waals surface area contributed by atoms with E-state index in [2.05, 4.69) is 4.90 Å². The van der Waals surface area contributed by atoms with E-state index in [4.69, 9.17) is 0 Å². The van der Waals surface area contributed by atoms with Crippen LogP contribution in [0.3, 0.4) is 0 Å². The highest BCUT2D eigenvalue weighted by Crippen LogP contribution is 2.22. The summed E-state index contributed by atoms with van der Waals surface area (Å²) in [6, 6.07) is 9.81. The summed E-state index contributed by atoms with van der Waals surface area (Å²) in [5.41, 5.74) is 0.990. The highest BCUT2D eigenvalue weighted by molar-refractivity contribution is 5.17. The van der Waals surface area contributed by atoms with Gasteiger partial charge in [0.2, 0.25) is 0 Å². The van der Waals surface area contributed by atoms with Crippen molar-refractivity contribution in [3.8, 4) is 0 Å². The number of hydrogen-bond donors (Lipinski definition) is 2. The van der Waals surface area contributed by atoms with Crippen LogP contribution in [0.4, 0.5) is 0 Å². The molecule has 0 amide bonds. The molecule has 1 aromatic rings. The molecule has 3 unspecified atom stereocenters. The van der Waals surface area contributed by atoms with Crippen LogP contribution < -0.4 is 0 Å². The SMILES string of the molecule is CC(O)C1CCN(CCC(O)c2ccccc2)C1. The molecule has 2 N–H and O–H groups in total. The first-order valence-electron chi connectivity index (χ1n) is 6.80. The van der Waals surface area contributed by atoms with Crippen LogP contribution in [0, 0.1) is 5.92 Å². The van der Waals surface area contributed by atoms with Gasteiger partial charge in [-0.15, -0.1) is 0 Å². The van der Waals surface area contributed by atoms with Gasteiger partial charge in [-0.05, 0) is 37.8 Å². The molecule has 2 rings (SSSR count). The summed E-state index contributed by atoms with van der Waals surface area (Å²) in [7, 11) is 0. The Kier molecular flexibility index (Phi) is 4.75. The summed E-state index contributed by atoms with van der Waals surface area (Å²) >= 11 is 0. The third-order valence-corrected chi connectivity index (χ3v) is 3.89.